The molecule has 0 aliphatic carbocycles. The van der Waals surface area contributed by atoms with E-state index in [9.17, 15) is 0 Å². The molecule has 1 aromatic heterocycles. The minimum absolute atomic E-state index is 0.405. The van der Waals surface area contributed by atoms with E-state index in [1.165, 1.54) is 0 Å². The van der Waals surface area contributed by atoms with Crippen LogP contribution in [0.5, 0.6) is 0 Å². The van der Waals surface area contributed by atoms with Gasteiger partial charge in [0.1, 0.15) is 5.03 Å². The number of thioether (sulfide) groups is 1. The molecule has 0 saturated carbocycles. The van der Waals surface area contributed by atoms with Crippen molar-refractivity contribution in [1.29, 1.82) is 0 Å². The third kappa shape index (κ3) is 3.11. The van der Waals surface area contributed by atoms with Gasteiger partial charge in [-0.05, 0) is 23.8 Å². The van der Waals surface area contributed by atoms with E-state index in [0.717, 1.165) is 21.4 Å². The zero-order chi connectivity index (χ0) is 11.4. The molecule has 0 amide bonds. The van der Waals surface area contributed by atoms with Crippen LogP contribution in [0.15, 0.2) is 41.4 Å². The van der Waals surface area contributed by atoms with Crippen LogP contribution in [-0.4, -0.2) is 10.2 Å². The van der Waals surface area contributed by atoms with Crippen molar-refractivity contribution < 1.29 is 0 Å². The van der Waals surface area contributed by atoms with Gasteiger partial charge in [0.05, 0.1) is 0 Å². The molecule has 2 aromatic rings. The molecule has 5 heteroatoms. The van der Waals surface area contributed by atoms with Gasteiger partial charge in [0, 0.05) is 10.8 Å². The Labute approximate surface area is 108 Å². The molecule has 0 bridgehead atoms. The van der Waals surface area contributed by atoms with E-state index in [4.69, 9.17) is 23.2 Å². The van der Waals surface area contributed by atoms with Gasteiger partial charge in [-0.2, -0.15) is 0 Å². The van der Waals surface area contributed by atoms with E-state index in [1.807, 2.05) is 30.3 Å². The summed E-state index contributed by atoms with van der Waals surface area (Å²) in [6, 6.07) is 11.3. The van der Waals surface area contributed by atoms with E-state index in [-0.39, 0.29) is 0 Å². The topological polar surface area (TPSA) is 25.8 Å². The van der Waals surface area contributed by atoms with Gasteiger partial charge in [0.2, 0.25) is 0 Å². The Morgan fingerprint density at radius 1 is 1.00 bits per heavy atom. The number of aromatic nitrogens is 2. The highest BCUT2D eigenvalue weighted by molar-refractivity contribution is 7.98. The summed E-state index contributed by atoms with van der Waals surface area (Å²) in [6.07, 6.45) is 0. The number of benzene rings is 1. The minimum Gasteiger partial charge on any atom is -0.143 e. The van der Waals surface area contributed by atoms with E-state index in [0.29, 0.717) is 5.15 Å². The average Bonchev–Trinajstić information content (AvgIpc) is 2.30. The van der Waals surface area contributed by atoms with Crippen LogP contribution in [0.2, 0.25) is 10.2 Å². The number of hydrogen-bond donors (Lipinski definition) is 0. The largest absolute Gasteiger partial charge is 0.151 e. The Kier molecular flexibility index (Phi) is 4.04. The molecule has 0 fully saturated rings. The Balaban J connectivity index is 2.02. The number of hydrogen-bond acceptors (Lipinski definition) is 3. The van der Waals surface area contributed by atoms with E-state index < -0.39 is 0 Å². The van der Waals surface area contributed by atoms with Crippen molar-refractivity contribution in [2.24, 2.45) is 0 Å². The fourth-order valence-corrected chi connectivity index (χ4v) is 2.35. The molecule has 0 spiro atoms. The Morgan fingerprint density at radius 3 is 2.50 bits per heavy atom. The lowest BCUT2D eigenvalue weighted by atomic mass is 10.2. The predicted octanol–water partition coefficient (Wildman–Crippen LogP) is 4.08. The fraction of sp³-hybridized carbons (Fsp3) is 0.0909. The summed E-state index contributed by atoms with van der Waals surface area (Å²) in [5.41, 5.74) is 1.09. The maximum absolute atomic E-state index is 6.05. The highest BCUT2D eigenvalue weighted by Gasteiger charge is 2.01. The first kappa shape index (κ1) is 11.7. The first-order chi connectivity index (χ1) is 7.75. The van der Waals surface area contributed by atoms with Gasteiger partial charge in [-0.25, -0.2) is 0 Å². The van der Waals surface area contributed by atoms with Crippen LogP contribution in [0.25, 0.3) is 0 Å². The lowest BCUT2D eigenvalue weighted by Gasteiger charge is -2.02. The molecule has 82 valence electrons. The van der Waals surface area contributed by atoms with Crippen molar-refractivity contribution in [2.45, 2.75) is 10.8 Å². The monoisotopic (exact) mass is 270 g/mol. The van der Waals surface area contributed by atoms with Crippen LogP contribution in [0, 0.1) is 0 Å². The van der Waals surface area contributed by atoms with Crippen LogP contribution in [-0.2, 0) is 5.75 Å². The van der Waals surface area contributed by atoms with E-state index in [1.54, 1.807) is 17.8 Å². The van der Waals surface area contributed by atoms with Gasteiger partial charge in [-0.15, -0.1) is 10.2 Å². The van der Waals surface area contributed by atoms with E-state index >= 15 is 0 Å². The molecule has 0 radical (unpaired) electrons. The zero-order valence-electron chi connectivity index (χ0n) is 8.23. The lowest BCUT2D eigenvalue weighted by molar-refractivity contribution is 0.929. The summed E-state index contributed by atoms with van der Waals surface area (Å²) >= 11 is 13.3. The van der Waals surface area contributed by atoms with Crippen molar-refractivity contribution in [3.05, 3.63) is 52.1 Å². The highest BCUT2D eigenvalue weighted by Crippen LogP contribution is 2.25. The third-order valence-corrected chi connectivity index (χ3v) is 3.48. The van der Waals surface area contributed by atoms with E-state index in [2.05, 4.69) is 10.2 Å². The van der Waals surface area contributed by atoms with Crippen molar-refractivity contribution in [2.75, 3.05) is 0 Å². The molecule has 0 unspecified atom stereocenters. The van der Waals surface area contributed by atoms with Gasteiger partial charge >= 0.3 is 0 Å². The summed E-state index contributed by atoms with van der Waals surface area (Å²) in [5, 5.41) is 9.75. The summed E-state index contributed by atoms with van der Waals surface area (Å²) < 4.78 is 0. The van der Waals surface area contributed by atoms with Gasteiger partial charge in [-0.1, -0.05) is 53.2 Å². The highest BCUT2D eigenvalue weighted by atomic mass is 35.5. The molecule has 0 saturated heterocycles. The molecule has 16 heavy (non-hydrogen) atoms. The number of rotatable bonds is 3. The summed E-state index contributed by atoms with van der Waals surface area (Å²) in [7, 11) is 0. The molecule has 1 heterocycles. The number of nitrogens with zero attached hydrogens (tertiary/aromatic N) is 2. The number of halogens is 2. The van der Waals surface area contributed by atoms with Crippen LogP contribution in [0.4, 0.5) is 0 Å². The van der Waals surface area contributed by atoms with Crippen LogP contribution in [0.3, 0.4) is 0 Å². The first-order valence-electron chi connectivity index (χ1n) is 4.61. The van der Waals surface area contributed by atoms with Crippen molar-refractivity contribution >= 4 is 35.0 Å². The smallest absolute Gasteiger partial charge is 0.143 e. The van der Waals surface area contributed by atoms with Gasteiger partial charge < -0.3 is 0 Å². The molecular weight excluding hydrogens is 263 g/mol. The Bertz CT molecular complexity index is 474. The summed E-state index contributed by atoms with van der Waals surface area (Å²) in [4.78, 5) is 0. The second-order valence-electron chi connectivity index (χ2n) is 3.07. The molecule has 2 rings (SSSR count). The quantitative estimate of drug-likeness (QED) is 0.787. The minimum atomic E-state index is 0.405. The van der Waals surface area contributed by atoms with Gasteiger partial charge in [0.25, 0.3) is 0 Å². The second kappa shape index (κ2) is 5.53. The molecule has 0 aliphatic heterocycles. The Morgan fingerprint density at radius 2 is 1.81 bits per heavy atom. The second-order valence-corrected chi connectivity index (χ2v) is 4.86. The van der Waals surface area contributed by atoms with Crippen LogP contribution in [0.1, 0.15) is 5.56 Å². The van der Waals surface area contributed by atoms with Gasteiger partial charge in [0.15, 0.2) is 5.15 Å². The summed E-state index contributed by atoms with van der Waals surface area (Å²) in [6.45, 7) is 0. The lowest BCUT2D eigenvalue weighted by Crippen LogP contribution is -1.87. The van der Waals surface area contributed by atoms with Gasteiger partial charge in [-0.3, -0.25) is 0 Å². The molecule has 1 aromatic carbocycles. The molecule has 0 atom stereocenters. The normalized spacial score (nSPS) is 10.4. The Hall–Kier alpha value is -0.770. The predicted molar refractivity (Wildman–Crippen MR) is 68.1 cm³/mol. The van der Waals surface area contributed by atoms with Crippen molar-refractivity contribution in [3.8, 4) is 0 Å². The van der Waals surface area contributed by atoms with Crippen LogP contribution >= 0.6 is 35.0 Å². The standard InChI is InChI=1S/C11H8Cl2N2S/c12-9-4-2-1-3-8(9)7-16-11-6-5-10(13)14-15-11/h1-6H,7H2. The molecular formula is C11H8Cl2N2S. The SMILES string of the molecule is Clc1ccc(SCc2ccccc2Cl)nn1. The first-order valence-corrected chi connectivity index (χ1v) is 6.35. The van der Waals surface area contributed by atoms with Crippen molar-refractivity contribution in [3.63, 3.8) is 0 Å². The van der Waals surface area contributed by atoms with Crippen molar-refractivity contribution in [1.82, 2.24) is 10.2 Å². The molecule has 2 nitrogen and oxygen atoms in total. The zero-order valence-corrected chi connectivity index (χ0v) is 10.6. The third-order valence-electron chi connectivity index (χ3n) is 1.94. The average molecular weight is 271 g/mol. The molecule has 0 aliphatic rings. The maximum atomic E-state index is 6.05. The fourth-order valence-electron chi connectivity index (χ4n) is 1.15. The molecule has 0 N–H and O–H groups in total. The maximum Gasteiger partial charge on any atom is 0.151 e. The van der Waals surface area contributed by atoms with Crippen LogP contribution < -0.4 is 0 Å². The summed E-state index contributed by atoms with van der Waals surface area (Å²) in [5.74, 6) is 0.774.